The summed E-state index contributed by atoms with van der Waals surface area (Å²) in [7, 11) is 0. The lowest BCUT2D eigenvalue weighted by molar-refractivity contribution is 0.199. The molecule has 8 aromatic rings. The molecule has 0 aliphatic carbocycles. The predicted octanol–water partition coefficient (Wildman–Crippen LogP) is 9.92. The van der Waals surface area contributed by atoms with Gasteiger partial charge in [-0.25, -0.2) is 9.97 Å². The third-order valence-corrected chi connectivity index (χ3v) is 8.66. The molecule has 1 atom stereocenters. The maximum absolute atomic E-state index is 9.05. The highest BCUT2D eigenvalue weighted by atomic mass is 16.5. The van der Waals surface area contributed by atoms with Crippen LogP contribution in [0.15, 0.2) is 156 Å². The molecule has 0 amide bonds. The fourth-order valence-electron chi connectivity index (χ4n) is 6.04. The molecule has 0 spiro atoms. The second kappa shape index (κ2) is 13.0. The Hall–Kier alpha value is -6.88. The highest BCUT2D eigenvalue weighted by Gasteiger charge is 2.16. The number of aromatic nitrogens is 2. The van der Waals surface area contributed by atoms with Gasteiger partial charge in [0.25, 0.3) is 0 Å². The van der Waals surface area contributed by atoms with Crippen molar-refractivity contribution in [3.63, 3.8) is 0 Å². The molecule has 0 aliphatic rings. The molecule has 2 heterocycles. The molecule has 0 fully saturated rings. The molecular weight excluding hydrogens is 619 g/mol. The number of hydrogen-bond donors (Lipinski definition) is 2. The van der Waals surface area contributed by atoms with Crippen LogP contribution in [-0.2, 0) is 4.74 Å². The molecule has 50 heavy (non-hydrogen) atoms. The van der Waals surface area contributed by atoms with Crippen LogP contribution in [0.4, 0.5) is 0 Å². The molecule has 7 nitrogen and oxygen atoms in total. The molecule has 1 unspecified atom stereocenters. The largest absolute Gasteiger partial charge is 0.456 e. The number of hydrogen-bond acceptors (Lipinski definition) is 7. The molecule has 0 radical (unpaired) electrons. The number of ether oxygens (including phenoxy) is 1. The predicted molar refractivity (Wildman–Crippen MR) is 197 cm³/mol. The second-order valence-corrected chi connectivity index (χ2v) is 11.9. The Morgan fingerprint density at radius 2 is 1.28 bits per heavy atom. The van der Waals surface area contributed by atoms with Gasteiger partial charge in [0.2, 0.25) is 5.90 Å². The maximum Gasteiger partial charge on any atom is 0.215 e. The van der Waals surface area contributed by atoms with Gasteiger partial charge in [-0.3, -0.25) is 11.1 Å². The van der Waals surface area contributed by atoms with E-state index in [1.54, 1.807) is 24.3 Å². The normalized spacial score (nSPS) is 11.7. The number of nitrogens with one attached hydrogen (secondary N) is 1. The summed E-state index contributed by atoms with van der Waals surface area (Å²) in [5.74, 6) is 0.599. The van der Waals surface area contributed by atoms with Crippen molar-refractivity contribution in [2.24, 2.45) is 5.73 Å². The van der Waals surface area contributed by atoms with Crippen molar-refractivity contribution in [3.05, 3.63) is 168 Å². The Morgan fingerprint density at radius 1 is 0.620 bits per heavy atom. The van der Waals surface area contributed by atoms with Gasteiger partial charge < -0.3 is 9.15 Å². The highest BCUT2D eigenvalue weighted by molar-refractivity contribution is 6.07. The van der Waals surface area contributed by atoms with Gasteiger partial charge >= 0.3 is 0 Å². The minimum Gasteiger partial charge on any atom is -0.456 e. The quantitative estimate of drug-likeness (QED) is 0.101. The Balaban J connectivity index is 1.11. The van der Waals surface area contributed by atoms with E-state index >= 15 is 0 Å². The standard InChI is InChI=1S/C43H29N5O2/c44-26-27-14-16-29(17-15-27)41(45)50-42(46)34-13-7-12-31(22-34)32-19-21-39-36(23-32)35-20-18-33(24-40(35)49-39)38-25-37(28-8-3-1-4-9-28)47-43(48-38)30-10-5-2-6-11-30/h1-25,42,45H,46H2. The highest BCUT2D eigenvalue weighted by Crippen LogP contribution is 2.36. The molecular formula is C43H29N5O2. The molecule has 7 heteroatoms. The molecule has 238 valence electrons. The van der Waals surface area contributed by atoms with Gasteiger partial charge in [0.1, 0.15) is 11.2 Å². The Morgan fingerprint density at radius 3 is 2.02 bits per heavy atom. The minimum absolute atomic E-state index is 0.0624. The summed E-state index contributed by atoms with van der Waals surface area (Å²) in [6, 6.07) is 51.0. The smallest absolute Gasteiger partial charge is 0.215 e. The van der Waals surface area contributed by atoms with Gasteiger partial charge in [-0.2, -0.15) is 5.26 Å². The van der Waals surface area contributed by atoms with E-state index in [1.807, 2.05) is 97.1 Å². The topological polar surface area (TPSA) is 122 Å². The minimum atomic E-state index is -0.846. The van der Waals surface area contributed by atoms with E-state index < -0.39 is 6.23 Å². The van der Waals surface area contributed by atoms with Crippen LogP contribution in [0.1, 0.15) is 22.9 Å². The summed E-state index contributed by atoms with van der Waals surface area (Å²) < 4.78 is 12.1. The van der Waals surface area contributed by atoms with Crippen molar-refractivity contribution in [1.82, 2.24) is 9.97 Å². The molecule has 0 saturated heterocycles. The molecule has 2 aromatic heterocycles. The zero-order chi connectivity index (χ0) is 34.0. The maximum atomic E-state index is 9.05. The van der Waals surface area contributed by atoms with Crippen molar-refractivity contribution in [1.29, 1.82) is 10.7 Å². The molecule has 0 aliphatic heterocycles. The molecule has 8 rings (SSSR count). The van der Waals surface area contributed by atoms with E-state index in [-0.39, 0.29) is 5.90 Å². The number of furan rings is 1. The van der Waals surface area contributed by atoms with Crippen LogP contribution in [0.5, 0.6) is 0 Å². The zero-order valence-corrected chi connectivity index (χ0v) is 26.7. The van der Waals surface area contributed by atoms with E-state index in [9.17, 15) is 0 Å². The van der Waals surface area contributed by atoms with Crippen molar-refractivity contribution in [2.75, 3.05) is 0 Å². The van der Waals surface area contributed by atoms with Crippen LogP contribution in [0.25, 0.3) is 67.0 Å². The van der Waals surface area contributed by atoms with E-state index in [1.165, 1.54) is 0 Å². The molecule has 0 saturated carbocycles. The van der Waals surface area contributed by atoms with E-state index in [0.29, 0.717) is 17.0 Å². The summed E-state index contributed by atoms with van der Waals surface area (Å²) in [5.41, 5.74) is 16.3. The summed E-state index contributed by atoms with van der Waals surface area (Å²) in [5, 5.41) is 19.4. The fraction of sp³-hybridized carbons (Fsp3) is 0.0233. The first kappa shape index (κ1) is 30.5. The average Bonchev–Trinajstić information content (AvgIpc) is 3.55. The Bertz CT molecular complexity index is 2500. The van der Waals surface area contributed by atoms with Gasteiger partial charge in [-0.15, -0.1) is 0 Å². The molecule has 3 N–H and O–H groups in total. The number of fused-ring (bicyclic) bond motifs is 3. The number of benzene rings is 6. The van der Waals surface area contributed by atoms with Crippen molar-refractivity contribution in [3.8, 4) is 51.1 Å². The lowest BCUT2D eigenvalue weighted by atomic mass is 10.00. The Labute approximate surface area is 288 Å². The Kier molecular flexibility index (Phi) is 7.90. The number of rotatable bonds is 7. The van der Waals surface area contributed by atoms with Crippen LogP contribution in [0.2, 0.25) is 0 Å². The van der Waals surface area contributed by atoms with Crippen LogP contribution >= 0.6 is 0 Å². The van der Waals surface area contributed by atoms with E-state index in [4.69, 9.17) is 35.5 Å². The fourth-order valence-corrected chi connectivity index (χ4v) is 6.04. The lowest BCUT2D eigenvalue weighted by Crippen LogP contribution is -2.19. The third kappa shape index (κ3) is 5.99. The average molecular weight is 648 g/mol. The molecule has 6 aromatic carbocycles. The van der Waals surface area contributed by atoms with Gasteiger partial charge in [-0.1, -0.05) is 91.0 Å². The third-order valence-electron chi connectivity index (χ3n) is 8.66. The summed E-state index contributed by atoms with van der Waals surface area (Å²) >= 11 is 0. The van der Waals surface area contributed by atoms with Crippen molar-refractivity contribution in [2.45, 2.75) is 6.23 Å². The first-order valence-corrected chi connectivity index (χ1v) is 16.1. The van der Waals surface area contributed by atoms with Crippen LogP contribution in [0, 0.1) is 16.7 Å². The van der Waals surface area contributed by atoms with Crippen molar-refractivity contribution < 1.29 is 9.15 Å². The monoisotopic (exact) mass is 647 g/mol. The lowest BCUT2D eigenvalue weighted by Gasteiger charge is -2.16. The summed E-state index contributed by atoms with van der Waals surface area (Å²) in [4.78, 5) is 9.90. The number of nitrogens with two attached hydrogens (primary N) is 1. The summed E-state index contributed by atoms with van der Waals surface area (Å²) in [6.07, 6.45) is -0.846. The van der Waals surface area contributed by atoms with Crippen LogP contribution < -0.4 is 5.73 Å². The van der Waals surface area contributed by atoms with Gasteiger partial charge in [-0.05, 0) is 71.8 Å². The first-order valence-electron chi connectivity index (χ1n) is 16.1. The van der Waals surface area contributed by atoms with Crippen LogP contribution in [-0.4, -0.2) is 15.9 Å². The van der Waals surface area contributed by atoms with Gasteiger partial charge in [0, 0.05) is 38.6 Å². The second-order valence-electron chi connectivity index (χ2n) is 11.9. The van der Waals surface area contributed by atoms with E-state index in [0.717, 1.165) is 66.7 Å². The van der Waals surface area contributed by atoms with Gasteiger partial charge in [0.05, 0.1) is 23.0 Å². The molecule has 0 bridgehead atoms. The summed E-state index contributed by atoms with van der Waals surface area (Å²) in [6.45, 7) is 0. The number of nitrogens with zero attached hydrogens (tertiary/aromatic N) is 3. The first-order chi connectivity index (χ1) is 24.5. The van der Waals surface area contributed by atoms with Crippen LogP contribution in [0.3, 0.4) is 0 Å². The van der Waals surface area contributed by atoms with E-state index in [2.05, 4.69) is 36.4 Å². The zero-order valence-electron chi connectivity index (χ0n) is 26.7. The SMILES string of the molecule is N#Cc1ccc(C(=N)OC(N)c2cccc(-c3ccc4oc5cc(-c6cc(-c7ccccc7)nc(-c7ccccc7)n6)ccc5c4c3)c2)cc1. The number of nitriles is 1. The van der Waals surface area contributed by atoms with Gasteiger partial charge in [0.15, 0.2) is 12.1 Å². The van der Waals surface area contributed by atoms with Crippen molar-refractivity contribution >= 4 is 27.8 Å².